The van der Waals surface area contributed by atoms with E-state index in [0.717, 1.165) is 0 Å². The Morgan fingerprint density at radius 2 is 2.17 bits per heavy atom. The summed E-state index contributed by atoms with van der Waals surface area (Å²) >= 11 is 0. The largest absolute Gasteiger partial charge is 0.459 e. The Morgan fingerprint density at radius 3 is 2.72 bits per heavy atom. The van der Waals surface area contributed by atoms with Gasteiger partial charge in [-0.25, -0.2) is 5.48 Å². The lowest BCUT2D eigenvalue weighted by molar-refractivity contribution is -0.122. The van der Waals surface area contributed by atoms with Crippen LogP contribution in [0.2, 0.25) is 0 Å². The van der Waals surface area contributed by atoms with Gasteiger partial charge >= 0.3 is 5.91 Å². The summed E-state index contributed by atoms with van der Waals surface area (Å²) in [6.45, 7) is 2.06. The van der Waals surface area contributed by atoms with Gasteiger partial charge in [-0.15, -0.1) is 0 Å². The van der Waals surface area contributed by atoms with E-state index in [9.17, 15) is 9.59 Å². The molecule has 0 aliphatic heterocycles. The number of likely N-dealkylation sites (N-methyl/N-ethyl adjacent to an activating group) is 1. The molecule has 1 unspecified atom stereocenters. The summed E-state index contributed by atoms with van der Waals surface area (Å²) in [5, 5.41) is 11.2. The Labute approximate surface area is 105 Å². The molecule has 7 heteroatoms. The van der Waals surface area contributed by atoms with E-state index in [-0.39, 0.29) is 24.3 Å². The minimum absolute atomic E-state index is 0.0128. The van der Waals surface area contributed by atoms with Crippen molar-refractivity contribution in [3.8, 4) is 0 Å². The van der Waals surface area contributed by atoms with E-state index < -0.39 is 5.91 Å². The smallest absolute Gasteiger partial charge is 0.310 e. The average molecular weight is 255 g/mol. The molecule has 0 saturated heterocycles. The van der Waals surface area contributed by atoms with Crippen molar-refractivity contribution in [1.29, 1.82) is 0 Å². The molecule has 0 radical (unpaired) electrons. The highest BCUT2D eigenvalue weighted by Crippen LogP contribution is 2.16. The first-order chi connectivity index (χ1) is 8.43. The number of rotatable bonds is 5. The quantitative estimate of drug-likeness (QED) is 0.514. The van der Waals surface area contributed by atoms with E-state index in [1.807, 2.05) is 0 Å². The summed E-state index contributed by atoms with van der Waals surface area (Å²) in [6.07, 6.45) is 1.37. The molecule has 0 aliphatic carbocycles. The SMILES string of the molecule is CC(NC(=O)CN(C)C)c1coc(C(=O)NO)c1. The van der Waals surface area contributed by atoms with Crippen LogP contribution in [0.4, 0.5) is 0 Å². The normalized spacial score (nSPS) is 12.3. The van der Waals surface area contributed by atoms with Gasteiger partial charge in [-0.05, 0) is 27.1 Å². The Balaban J connectivity index is 2.61. The van der Waals surface area contributed by atoms with Crippen molar-refractivity contribution in [2.45, 2.75) is 13.0 Å². The third kappa shape index (κ3) is 3.86. The molecular weight excluding hydrogens is 238 g/mol. The molecule has 3 N–H and O–H groups in total. The number of hydrogen-bond donors (Lipinski definition) is 3. The highest BCUT2D eigenvalue weighted by atomic mass is 16.5. The fraction of sp³-hybridized carbons (Fsp3) is 0.455. The summed E-state index contributed by atoms with van der Waals surface area (Å²) in [6, 6.07) is 1.19. The molecule has 1 heterocycles. The molecule has 0 aliphatic rings. The molecule has 0 fully saturated rings. The molecular formula is C11H17N3O4. The lowest BCUT2D eigenvalue weighted by atomic mass is 10.1. The van der Waals surface area contributed by atoms with Gasteiger partial charge in [-0.3, -0.25) is 14.8 Å². The molecule has 0 aromatic carbocycles. The number of nitrogens with zero attached hydrogens (tertiary/aromatic N) is 1. The maximum Gasteiger partial charge on any atom is 0.310 e. The number of amides is 2. The van der Waals surface area contributed by atoms with Crippen molar-refractivity contribution in [2.75, 3.05) is 20.6 Å². The molecule has 1 aromatic heterocycles. The van der Waals surface area contributed by atoms with Crippen molar-refractivity contribution in [2.24, 2.45) is 0 Å². The van der Waals surface area contributed by atoms with Gasteiger partial charge in [0.2, 0.25) is 5.91 Å². The second kappa shape index (κ2) is 6.18. The van der Waals surface area contributed by atoms with Crippen LogP contribution in [0.1, 0.15) is 29.1 Å². The first-order valence-electron chi connectivity index (χ1n) is 5.41. The number of nitrogens with one attached hydrogen (secondary N) is 2. The Morgan fingerprint density at radius 1 is 1.50 bits per heavy atom. The Bertz CT molecular complexity index is 428. The minimum Gasteiger partial charge on any atom is -0.459 e. The van der Waals surface area contributed by atoms with Crippen LogP contribution in [-0.2, 0) is 4.79 Å². The van der Waals surface area contributed by atoms with Crippen LogP contribution < -0.4 is 10.8 Å². The lowest BCUT2D eigenvalue weighted by Gasteiger charge is -2.14. The van der Waals surface area contributed by atoms with E-state index >= 15 is 0 Å². The van der Waals surface area contributed by atoms with Gasteiger partial charge in [0.25, 0.3) is 0 Å². The van der Waals surface area contributed by atoms with Gasteiger partial charge in [0.1, 0.15) is 0 Å². The van der Waals surface area contributed by atoms with E-state index in [4.69, 9.17) is 9.62 Å². The van der Waals surface area contributed by atoms with Crippen molar-refractivity contribution < 1.29 is 19.2 Å². The summed E-state index contributed by atoms with van der Waals surface area (Å²) < 4.78 is 4.97. The minimum atomic E-state index is -0.729. The monoisotopic (exact) mass is 255 g/mol. The van der Waals surface area contributed by atoms with Crippen molar-refractivity contribution in [3.05, 3.63) is 23.7 Å². The number of hydrogen-bond acceptors (Lipinski definition) is 5. The molecule has 100 valence electrons. The van der Waals surface area contributed by atoms with Gasteiger partial charge in [0.05, 0.1) is 18.8 Å². The topological polar surface area (TPSA) is 94.8 Å². The van der Waals surface area contributed by atoms with Crippen molar-refractivity contribution in [1.82, 2.24) is 15.7 Å². The van der Waals surface area contributed by atoms with Crippen LogP contribution in [0.3, 0.4) is 0 Å². The highest BCUT2D eigenvalue weighted by Gasteiger charge is 2.15. The predicted octanol–water partition coefficient (Wildman–Crippen LogP) is 0.137. The highest BCUT2D eigenvalue weighted by molar-refractivity contribution is 5.90. The molecule has 1 aromatic rings. The van der Waals surface area contributed by atoms with E-state index in [1.165, 1.54) is 17.8 Å². The summed E-state index contributed by atoms with van der Waals surface area (Å²) in [5.74, 6) is -0.865. The first-order valence-corrected chi connectivity index (χ1v) is 5.41. The van der Waals surface area contributed by atoms with Crippen molar-refractivity contribution in [3.63, 3.8) is 0 Å². The van der Waals surface area contributed by atoms with E-state index in [1.54, 1.807) is 25.9 Å². The zero-order chi connectivity index (χ0) is 13.7. The van der Waals surface area contributed by atoms with Crippen LogP contribution >= 0.6 is 0 Å². The van der Waals surface area contributed by atoms with Gasteiger partial charge < -0.3 is 14.6 Å². The van der Waals surface area contributed by atoms with Crippen molar-refractivity contribution >= 4 is 11.8 Å². The molecule has 1 atom stereocenters. The molecule has 0 spiro atoms. The van der Waals surface area contributed by atoms with Gasteiger partial charge in [0.15, 0.2) is 5.76 Å². The van der Waals surface area contributed by atoms with E-state index in [0.29, 0.717) is 5.56 Å². The summed E-state index contributed by atoms with van der Waals surface area (Å²) in [7, 11) is 3.59. The first kappa shape index (κ1) is 14.2. The van der Waals surface area contributed by atoms with Gasteiger partial charge in [0, 0.05) is 5.56 Å². The summed E-state index contributed by atoms with van der Waals surface area (Å²) in [5.41, 5.74) is 2.13. The zero-order valence-corrected chi connectivity index (χ0v) is 10.6. The molecule has 18 heavy (non-hydrogen) atoms. The lowest BCUT2D eigenvalue weighted by Crippen LogP contribution is -2.34. The number of carbonyl (C=O) groups excluding carboxylic acids is 2. The fourth-order valence-electron chi connectivity index (χ4n) is 1.41. The number of hydroxylamine groups is 1. The Hall–Kier alpha value is -1.86. The molecule has 0 saturated carbocycles. The summed E-state index contributed by atoms with van der Waals surface area (Å²) in [4.78, 5) is 24.4. The molecule has 2 amide bonds. The third-order valence-electron chi connectivity index (χ3n) is 2.28. The van der Waals surface area contributed by atoms with Crippen LogP contribution in [-0.4, -0.2) is 42.6 Å². The van der Waals surface area contributed by atoms with Gasteiger partial charge in [-0.1, -0.05) is 0 Å². The van der Waals surface area contributed by atoms with Crippen LogP contribution in [0.15, 0.2) is 16.7 Å². The second-order valence-corrected chi connectivity index (χ2v) is 4.21. The maximum absolute atomic E-state index is 11.5. The fourth-order valence-corrected chi connectivity index (χ4v) is 1.41. The third-order valence-corrected chi connectivity index (χ3v) is 2.28. The van der Waals surface area contributed by atoms with E-state index in [2.05, 4.69) is 5.32 Å². The molecule has 0 bridgehead atoms. The zero-order valence-electron chi connectivity index (χ0n) is 10.6. The number of furan rings is 1. The predicted molar refractivity (Wildman–Crippen MR) is 63.1 cm³/mol. The molecule has 1 rings (SSSR count). The van der Waals surface area contributed by atoms with Crippen LogP contribution in [0.5, 0.6) is 0 Å². The van der Waals surface area contributed by atoms with Crippen LogP contribution in [0.25, 0.3) is 0 Å². The van der Waals surface area contributed by atoms with Gasteiger partial charge in [-0.2, -0.15) is 0 Å². The maximum atomic E-state index is 11.5. The standard InChI is InChI=1S/C11H17N3O4/c1-7(12-10(15)5-14(2)3)8-4-9(18-6-8)11(16)13-17/h4,6-7,17H,5H2,1-3H3,(H,12,15)(H,13,16). The number of carbonyl (C=O) groups is 2. The molecule has 7 nitrogen and oxygen atoms in total. The second-order valence-electron chi connectivity index (χ2n) is 4.21. The Kier molecular flexibility index (Phi) is 4.87. The van der Waals surface area contributed by atoms with Crippen LogP contribution in [0, 0.1) is 0 Å². The average Bonchev–Trinajstić information content (AvgIpc) is 2.75.